The number of aliphatic carboxylic acids is 1. The Morgan fingerprint density at radius 2 is 1.62 bits per heavy atom. The molecule has 0 saturated carbocycles. The molecule has 0 bridgehead atoms. The van der Waals surface area contributed by atoms with E-state index in [0.717, 1.165) is 35.3 Å². The molecule has 1 aliphatic rings. The van der Waals surface area contributed by atoms with Crippen LogP contribution in [0.4, 0.5) is 11.4 Å². The third-order valence-electron chi connectivity index (χ3n) is 5.36. The van der Waals surface area contributed by atoms with Crippen LogP contribution in [0.15, 0.2) is 91.0 Å². The molecule has 0 spiro atoms. The fourth-order valence-electron chi connectivity index (χ4n) is 3.91. The molecule has 32 heavy (non-hydrogen) atoms. The van der Waals surface area contributed by atoms with E-state index >= 15 is 0 Å². The smallest absolute Gasteiger partial charge is 0.341 e. The first-order valence-electron chi connectivity index (χ1n) is 10.5. The molecule has 3 aromatic rings. The molecule has 3 aromatic carbocycles. The number of nitrogens with one attached hydrogen (secondary N) is 1. The molecule has 0 aromatic heterocycles. The van der Waals surface area contributed by atoms with Gasteiger partial charge in [-0.2, -0.15) is 0 Å². The molecule has 6 nitrogen and oxygen atoms in total. The van der Waals surface area contributed by atoms with Gasteiger partial charge < -0.3 is 9.84 Å². The number of hydrogen-bond acceptors (Lipinski definition) is 4. The molecule has 4 rings (SSSR count). The van der Waals surface area contributed by atoms with E-state index in [9.17, 15) is 9.59 Å². The highest BCUT2D eigenvalue weighted by molar-refractivity contribution is 5.90. The molecule has 2 N–H and O–H groups in total. The molecule has 0 heterocycles. The molecule has 1 amide bonds. The van der Waals surface area contributed by atoms with Gasteiger partial charge in [-0.15, -0.1) is 0 Å². The van der Waals surface area contributed by atoms with Gasteiger partial charge in [0.05, 0.1) is 11.4 Å². The van der Waals surface area contributed by atoms with Crippen molar-refractivity contribution in [3.63, 3.8) is 0 Å². The highest BCUT2D eigenvalue weighted by atomic mass is 16.5. The number of hydrazine groups is 1. The third-order valence-corrected chi connectivity index (χ3v) is 5.36. The van der Waals surface area contributed by atoms with Gasteiger partial charge in [-0.1, -0.05) is 54.6 Å². The van der Waals surface area contributed by atoms with Gasteiger partial charge >= 0.3 is 5.97 Å². The Hall–Kier alpha value is -4.06. The number of nitrogens with zero attached hydrogens (tertiary/aromatic N) is 1. The summed E-state index contributed by atoms with van der Waals surface area (Å²) < 4.78 is 5.43. The summed E-state index contributed by atoms with van der Waals surface area (Å²) in [6.45, 7) is -0.367. The highest BCUT2D eigenvalue weighted by Crippen LogP contribution is 2.39. The van der Waals surface area contributed by atoms with Gasteiger partial charge in [-0.3, -0.25) is 15.2 Å². The van der Waals surface area contributed by atoms with E-state index in [4.69, 9.17) is 9.84 Å². The van der Waals surface area contributed by atoms with Crippen molar-refractivity contribution in [1.82, 2.24) is 5.43 Å². The van der Waals surface area contributed by atoms with Crippen LogP contribution >= 0.6 is 0 Å². The number of ether oxygens (including phenoxy) is 1. The summed E-state index contributed by atoms with van der Waals surface area (Å²) in [5.74, 6) is -0.560. The van der Waals surface area contributed by atoms with Crippen molar-refractivity contribution in [3.8, 4) is 5.75 Å². The lowest BCUT2D eigenvalue weighted by atomic mass is 10.0. The lowest BCUT2D eigenvalue weighted by Crippen LogP contribution is -2.37. The average Bonchev–Trinajstić information content (AvgIpc) is 3.24. The van der Waals surface area contributed by atoms with E-state index in [1.165, 1.54) is 0 Å². The van der Waals surface area contributed by atoms with Crippen LogP contribution in [0.1, 0.15) is 23.5 Å². The number of allylic oxidation sites excluding steroid dienone is 1. The molecule has 0 aliphatic heterocycles. The number of carbonyl (C=O) groups excluding carboxylic acids is 1. The summed E-state index contributed by atoms with van der Waals surface area (Å²) in [5, 5.41) is 10.6. The van der Waals surface area contributed by atoms with Gasteiger partial charge in [0.1, 0.15) is 5.75 Å². The monoisotopic (exact) mass is 428 g/mol. The SMILES string of the molecule is O=C(O)COc1cccc2c1CCC2/C=C/C(=O)NN(c1ccccc1)c1ccccc1. The Morgan fingerprint density at radius 3 is 2.25 bits per heavy atom. The lowest BCUT2D eigenvalue weighted by Gasteiger charge is -2.24. The van der Waals surface area contributed by atoms with E-state index < -0.39 is 5.97 Å². The maximum atomic E-state index is 12.8. The summed E-state index contributed by atoms with van der Waals surface area (Å²) in [4.78, 5) is 23.6. The second-order valence-corrected chi connectivity index (χ2v) is 7.49. The molecule has 0 fully saturated rings. The Morgan fingerprint density at radius 1 is 0.969 bits per heavy atom. The largest absolute Gasteiger partial charge is 0.482 e. The molecule has 6 heteroatoms. The zero-order chi connectivity index (χ0) is 22.3. The van der Waals surface area contributed by atoms with E-state index in [1.807, 2.05) is 78.9 Å². The average molecular weight is 428 g/mol. The number of carbonyl (C=O) groups is 2. The number of para-hydroxylation sites is 2. The lowest BCUT2D eigenvalue weighted by molar-refractivity contribution is -0.139. The van der Waals surface area contributed by atoms with Crippen molar-refractivity contribution in [1.29, 1.82) is 0 Å². The number of benzene rings is 3. The maximum Gasteiger partial charge on any atom is 0.341 e. The van der Waals surface area contributed by atoms with Crippen LogP contribution in [-0.4, -0.2) is 23.6 Å². The zero-order valence-corrected chi connectivity index (χ0v) is 17.5. The Balaban J connectivity index is 1.48. The molecular weight excluding hydrogens is 404 g/mol. The molecule has 162 valence electrons. The molecule has 1 aliphatic carbocycles. The van der Waals surface area contributed by atoms with Crippen molar-refractivity contribution < 1.29 is 19.4 Å². The van der Waals surface area contributed by atoms with Crippen LogP contribution in [0.2, 0.25) is 0 Å². The number of carboxylic acids is 1. The van der Waals surface area contributed by atoms with Gasteiger partial charge in [0.15, 0.2) is 6.61 Å². The van der Waals surface area contributed by atoms with Crippen LogP contribution in [-0.2, 0) is 16.0 Å². The van der Waals surface area contributed by atoms with Gasteiger partial charge in [0, 0.05) is 12.0 Å². The minimum atomic E-state index is -1.00. The van der Waals surface area contributed by atoms with Gasteiger partial charge in [0.25, 0.3) is 5.91 Å². The molecule has 1 unspecified atom stereocenters. The predicted octanol–water partition coefficient (Wildman–Crippen LogP) is 4.61. The number of carboxylic acid groups (broad SMARTS) is 1. The Labute approximate surface area is 186 Å². The van der Waals surface area contributed by atoms with Crippen LogP contribution < -0.4 is 15.2 Å². The fraction of sp³-hybridized carbons (Fsp3) is 0.154. The van der Waals surface area contributed by atoms with Crippen LogP contribution in [0.5, 0.6) is 5.75 Å². The third kappa shape index (κ3) is 4.98. The summed E-state index contributed by atoms with van der Waals surface area (Å²) in [6, 6.07) is 24.9. The first kappa shape index (κ1) is 21.2. The van der Waals surface area contributed by atoms with Gasteiger partial charge in [-0.05, 0) is 54.3 Å². The summed E-state index contributed by atoms with van der Waals surface area (Å²) in [6.07, 6.45) is 5.08. The number of anilines is 2. The molecule has 1 atom stereocenters. The zero-order valence-electron chi connectivity index (χ0n) is 17.5. The standard InChI is InChI=1S/C26H24N2O4/c29-25(27-28(20-8-3-1-4-9-20)21-10-5-2-6-11-21)17-15-19-14-16-23-22(19)12-7-13-24(23)32-18-26(30)31/h1-13,15,17,19H,14,16,18H2,(H,27,29)(H,30,31)/b17-15+. The number of hydrogen-bond donors (Lipinski definition) is 2. The number of amides is 1. The van der Waals surface area contributed by atoms with E-state index in [-0.39, 0.29) is 18.4 Å². The second-order valence-electron chi connectivity index (χ2n) is 7.49. The Kier molecular flexibility index (Phi) is 6.51. The first-order chi connectivity index (χ1) is 15.6. The summed E-state index contributed by atoms with van der Waals surface area (Å²) in [5.41, 5.74) is 6.75. The summed E-state index contributed by atoms with van der Waals surface area (Å²) >= 11 is 0. The maximum absolute atomic E-state index is 12.8. The minimum Gasteiger partial charge on any atom is -0.482 e. The predicted molar refractivity (Wildman–Crippen MR) is 123 cm³/mol. The minimum absolute atomic E-state index is 0.0750. The van der Waals surface area contributed by atoms with Crippen LogP contribution in [0, 0.1) is 0 Å². The van der Waals surface area contributed by atoms with E-state index in [2.05, 4.69) is 5.43 Å². The fourth-order valence-corrected chi connectivity index (χ4v) is 3.91. The van der Waals surface area contributed by atoms with E-state index in [0.29, 0.717) is 5.75 Å². The number of rotatable bonds is 8. The quantitative estimate of drug-likeness (QED) is 0.405. The van der Waals surface area contributed by atoms with Crippen LogP contribution in [0.3, 0.4) is 0 Å². The van der Waals surface area contributed by atoms with Crippen molar-refractivity contribution in [2.75, 3.05) is 11.6 Å². The van der Waals surface area contributed by atoms with Gasteiger partial charge in [-0.25, -0.2) is 4.79 Å². The normalized spacial score (nSPS) is 14.7. The molecular formula is C26H24N2O4. The Bertz CT molecular complexity index is 1070. The van der Waals surface area contributed by atoms with Crippen molar-refractivity contribution in [2.45, 2.75) is 18.8 Å². The van der Waals surface area contributed by atoms with Crippen LogP contribution in [0.25, 0.3) is 0 Å². The topological polar surface area (TPSA) is 78.9 Å². The van der Waals surface area contributed by atoms with Crippen molar-refractivity contribution in [3.05, 3.63) is 102 Å². The summed E-state index contributed by atoms with van der Waals surface area (Å²) in [7, 11) is 0. The highest BCUT2D eigenvalue weighted by Gasteiger charge is 2.24. The molecule has 0 radical (unpaired) electrons. The van der Waals surface area contributed by atoms with Crippen molar-refractivity contribution >= 4 is 23.3 Å². The second kappa shape index (κ2) is 9.83. The first-order valence-corrected chi connectivity index (χ1v) is 10.5. The van der Waals surface area contributed by atoms with Gasteiger partial charge in [0.2, 0.25) is 0 Å². The number of fused-ring (bicyclic) bond motifs is 1. The van der Waals surface area contributed by atoms with Crippen molar-refractivity contribution in [2.24, 2.45) is 0 Å². The molecule has 0 saturated heterocycles. The van der Waals surface area contributed by atoms with E-state index in [1.54, 1.807) is 17.2 Å².